The summed E-state index contributed by atoms with van der Waals surface area (Å²) in [4.78, 5) is 0. The Balaban J connectivity index is 2.32. The highest BCUT2D eigenvalue weighted by atomic mass is 32.2. The average Bonchev–Trinajstić information content (AvgIpc) is 2.70. The molecule has 5 heteroatoms. The molecular weight excluding hydrogens is 284 g/mol. The monoisotopic (exact) mass is 310 g/mol. The molecule has 0 amide bonds. The minimum atomic E-state index is -2.63. The van der Waals surface area contributed by atoms with Crippen molar-refractivity contribution in [3.63, 3.8) is 0 Å². The van der Waals surface area contributed by atoms with Gasteiger partial charge >= 0.3 is 0 Å². The molecule has 1 unspecified atom stereocenters. The van der Waals surface area contributed by atoms with Crippen molar-refractivity contribution in [3.8, 4) is 0 Å². The average molecular weight is 311 g/mol. The molecule has 1 aromatic carbocycles. The molecule has 2 N–H and O–H groups in total. The molecule has 0 saturated carbocycles. The standard InChI is InChI=1S/C15H26N2OSSi/c1-15(2,3)20(4,5)17-19(16,18)14-10-12-8-6-7-9-13(12)11-14/h6-9,14H,10-11H2,1-5H3,(H2,16,17,18). The van der Waals surface area contributed by atoms with Gasteiger partial charge in [-0.1, -0.05) is 45.0 Å². The largest absolute Gasteiger partial charge is 0.265 e. The van der Waals surface area contributed by atoms with Crippen LogP contribution in [0.15, 0.2) is 28.3 Å². The van der Waals surface area contributed by atoms with Gasteiger partial charge in [-0.3, -0.25) is 4.03 Å². The van der Waals surface area contributed by atoms with Crippen LogP contribution in [0.5, 0.6) is 0 Å². The number of nitrogens with two attached hydrogens (primary N) is 1. The summed E-state index contributed by atoms with van der Waals surface area (Å²) in [5.41, 5.74) is 2.56. The predicted octanol–water partition coefficient (Wildman–Crippen LogP) is 3.50. The number of benzene rings is 1. The molecule has 112 valence electrons. The first-order valence-electron chi connectivity index (χ1n) is 7.15. The third-order valence-corrected chi connectivity index (χ3v) is 12.6. The zero-order valence-corrected chi connectivity index (χ0v) is 15.0. The molecule has 0 fully saturated rings. The smallest absolute Gasteiger partial charge is 0.194 e. The van der Waals surface area contributed by atoms with Crippen LogP contribution < -0.4 is 5.14 Å². The summed E-state index contributed by atoms with van der Waals surface area (Å²) >= 11 is 0. The van der Waals surface area contributed by atoms with Gasteiger partial charge in [-0.2, -0.15) is 0 Å². The van der Waals surface area contributed by atoms with Crippen molar-refractivity contribution >= 4 is 18.2 Å². The minimum absolute atomic E-state index is 0.0333. The van der Waals surface area contributed by atoms with Crippen LogP contribution in [-0.4, -0.2) is 17.7 Å². The van der Waals surface area contributed by atoms with Crippen LogP contribution in [0.3, 0.4) is 0 Å². The molecule has 1 atom stereocenters. The lowest BCUT2D eigenvalue weighted by Gasteiger charge is -2.33. The minimum Gasteiger partial charge on any atom is -0.265 e. The Hall–Kier alpha value is -0.653. The molecule has 3 nitrogen and oxygen atoms in total. The molecule has 0 heterocycles. The van der Waals surface area contributed by atoms with Gasteiger partial charge in [-0.25, -0.2) is 9.35 Å². The maximum atomic E-state index is 13.0. The predicted molar refractivity (Wildman–Crippen MR) is 89.6 cm³/mol. The molecule has 2 rings (SSSR count). The summed E-state index contributed by atoms with van der Waals surface area (Å²) in [7, 11) is -4.62. The van der Waals surface area contributed by atoms with Gasteiger partial charge in [0, 0.05) is 0 Å². The van der Waals surface area contributed by atoms with Crippen LogP contribution >= 0.6 is 0 Å². The van der Waals surface area contributed by atoms with Crippen LogP contribution in [-0.2, 0) is 22.8 Å². The van der Waals surface area contributed by atoms with E-state index in [2.05, 4.69) is 46.0 Å². The van der Waals surface area contributed by atoms with Gasteiger partial charge in [-0.15, -0.1) is 0 Å². The first kappa shape index (κ1) is 15.7. The summed E-state index contributed by atoms with van der Waals surface area (Å²) in [5.74, 6) is 0. The summed E-state index contributed by atoms with van der Waals surface area (Å²) in [5, 5.41) is 6.22. The van der Waals surface area contributed by atoms with Crippen LogP contribution in [0, 0.1) is 0 Å². The number of nitrogens with zero attached hydrogens (tertiary/aromatic N) is 1. The molecule has 0 aliphatic heterocycles. The Bertz CT molecular complexity index is 600. The van der Waals surface area contributed by atoms with E-state index in [-0.39, 0.29) is 10.3 Å². The van der Waals surface area contributed by atoms with Gasteiger partial charge in [0.1, 0.15) is 0 Å². The van der Waals surface area contributed by atoms with E-state index in [0.29, 0.717) is 0 Å². The summed E-state index contributed by atoms with van der Waals surface area (Å²) in [6.07, 6.45) is 1.59. The summed E-state index contributed by atoms with van der Waals surface area (Å²) < 4.78 is 17.7. The van der Waals surface area contributed by atoms with Crippen molar-refractivity contribution < 1.29 is 4.21 Å². The molecule has 0 aromatic heterocycles. The first-order valence-corrected chi connectivity index (χ1v) is 11.7. The van der Waals surface area contributed by atoms with Crippen molar-refractivity contribution in [2.45, 2.75) is 57.0 Å². The fraction of sp³-hybridized carbons (Fsp3) is 0.600. The van der Waals surface area contributed by atoms with Crippen LogP contribution in [0.1, 0.15) is 31.9 Å². The number of rotatable bonds is 2. The molecule has 0 saturated heterocycles. The molecule has 0 radical (unpaired) electrons. The van der Waals surface area contributed by atoms with Gasteiger partial charge in [0.05, 0.1) is 15.2 Å². The number of hydrogen-bond acceptors (Lipinski definition) is 2. The number of fused-ring (bicyclic) bond motifs is 1. The second-order valence-electron chi connectivity index (χ2n) is 7.31. The lowest BCUT2D eigenvalue weighted by atomic mass is 10.1. The summed E-state index contributed by atoms with van der Waals surface area (Å²) in [6, 6.07) is 8.28. The highest BCUT2D eigenvalue weighted by molar-refractivity contribution is 7.92. The fourth-order valence-corrected chi connectivity index (χ4v) is 7.71. The highest BCUT2D eigenvalue weighted by Crippen LogP contribution is 2.38. The molecule has 1 aromatic rings. The van der Waals surface area contributed by atoms with Gasteiger partial charge in [-0.05, 0) is 42.1 Å². The zero-order valence-electron chi connectivity index (χ0n) is 13.1. The topological polar surface area (TPSA) is 55.4 Å². The molecule has 1 aliphatic rings. The molecular formula is C15H26N2OSSi. The first-order chi connectivity index (χ1) is 9.03. The van der Waals surface area contributed by atoms with Crippen LogP contribution in [0.25, 0.3) is 0 Å². The Labute approximate surface area is 124 Å². The van der Waals surface area contributed by atoms with E-state index in [4.69, 9.17) is 9.17 Å². The quantitative estimate of drug-likeness (QED) is 0.835. The molecule has 1 aliphatic carbocycles. The summed E-state index contributed by atoms with van der Waals surface area (Å²) in [6.45, 7) is 10.8. The van der Waals surface area contributed by atoms with Crippen molar-refractivity contribution in [1.29, 1.82) is 0 Å². The lowest BCUT2D eigenvalue weighted by Crippen LogP contribution is -2.40. The Morgan fingerprint density at radius 3 is 2.05 bits per heavy atom. The Kier molecular flexibility index (Phi) is 3.90. The maximum absolute atomic E-state index is 13.0. The lowest BCUT2D eigenvalue weighted by molar-refractivity contribution is 0.662. The van der Waals surface area contributed by atoms with E-state index < -0.39 is 18.2 Å². The third-order valence-electron chi connectivity index (χ3n) is 4.70. The van der Waals surface area contributed by atoms with E-state index in [1.54, 1.807) is 0 Å². The zero-order chi connectivity index (χ0) is 15.2. The molecule has 0 bridgehead atoms. The Morgan fingerprint density at radius 2 is 1.65 bits per heavy atom. The van der Waals surface area contributed by atoms with Gasteiger partial charge in [0.25, 0.3) is 0 Å². The van der Waals surface area contributed by atoms with Crippen molar-refractivity contribution in [1.82, 2.24) is 0 Å². The van der Waals surface area contributed by atoms with Gasteiger partial charge < -0.3 is 0 Å². The fourth-order valence-electron chi connectivity index (χ4n) is 2.33. The third kappa shape index (κ3) is 2.99. The highest BCUT2D eigenvalue weighted by Gasteiger charge is 2.39. The van der Waals surface area contributed by atoms with Crippen molar-refractivity contribution in [2.24, 2.45) is 9.17 Å². The maximum Gasteiger partial charge on any atom is 0.194 e. The Morgan fingerprint density at radius 1 is 1.20 bits per heavy atom. The van der Waals surface area contributed by atoms with E-state index in [1.807, 2.05) is 12.1 Å². The van der Waals surface area contributed by atoms with Crippen LogP contribution in [0.2, 0.25) is 18.1 Å². The van der Waals surface area contributed by atoms with Gasteiger partial charge in [0.15, 0.2) is 8.24 Å². The molecule has 0 spiro atoms. The van der Waals surface area contributed by atoms with Crippen molar-refractivity contribution in [3.05, 3.63) is 35.4 Å². The van der Waals surface area contributed by atoms with E-state index in [9.17, 15) is 4.21 Å². The molecule has 20 heavy (non-hydrogen) atoms. The number of hydrogen-bond donors (Lipinski definition) is 1. The second kappa shape index (κ2) is 4.96. The second-order valence-corrected chi connectivity index (χ2v) is 14.6. The van der Waals surface area contributed by atoms with Crippen molar-refractivity contribution in [2.75, 3.05) is 0 Å². The SMILES string of the molecule is CC(C)(C)[Si](C)(C)N=S(N)(=O)C1Cc2ccccc2C1. The van der Waals surface area contributed by atoms with E-state index in [1.165, 1.54) is 11.1 Å². The van der Waals surface area contributed by atoms with Gasteiger partial charge in [0.2, 0.25) is 0 Å². The van der Waals surface area contributed by atoms with E-state index >= 15 is 0 Å². The van der Waals surface area contributed by atoms with Crippen LogP contribution in [0.4, 0.5) is 0 Å². The normalized spacial score (nSPS) is 19.5. The van der Waals surface area contributed by atoms with E-state index in [0.717, 1.165) is 12.8 Å².